The number of morpholine rings is 1. The third-order valence-corrected chi connectivity index (χ3v) is 7.43. The van der Waals surface area contributed by atoms with Gasteiger partial charge in [0.2, 0.25) is 5.91 Å². The highest BCUT2D eigenvalue weighted by molar-refractivity contribution is 8.16. The van der Waals surface area contributed by atoms with Gasteiger partial charge in [0.15, 0.2) is 16.7 Å². The number of amides is 1. The number of nitrogens with one attached hydrogen (secondary N) is 1. The van der Waals surface area contributed by atoms with Gasteiger partial charge in [0.1, 0.15) is 5.60 Å². The molecule has 1 saturated heterocycles. The molecule has 1 amide bonds. The standard InChI is InChI=1S/C28H38N4O6S/c1-18-24(26(34)38-28(2,3)4)25(19-7-8-21(35-5)22(15-19)36-6)32-20(17-39-27(32)30-18)16-23(33)29-9-10-31-11-13-37-14-12-31/h7-8,15,17,25H,9-14,16H2,1-6H3,(H,29,33)/t25-/m1/s1. The van der Waals surface area contributed by atoms with Crippen LogP contribution in [0.3, 0.4) is 0 Å². The number of hydrogen-bond acceptors (Lipinski definition) is 10. The predicted octanol–water partition coefficient (Wildman–Crippen LogP) is 3.46. The largest absolute Gasteiger partial charge is 0.493 e. The van der Waals surface area contributed by atoms with Crippen molar-refractivity contribution in [3.8, 4) is 11.5 Å². The van der Waals surface area contributed by atoms with Crippen molar-refractivity contribution in [1.29, 1.82) is 0 Å². The molecule has 1 fully saturated rings. The van der Waals surface area contributed by atoms with E-state index in [0.717, 1.165) is 44.1 Å². The van der Waals surface area contributed by atoms with Crippen LogP contribution in [-0.2, 0) is 19.1 Å². The molecule has 0 radical (unpaired) electrons. The number of rotatable bonds is 9. The van der Waals surface area contributed by atoms with Gasteiger partial charge in [0, 0.05) is 31.9 Å². The average molecular weight is 559 g/mol. The lowest BCUT2D eigenvalue weighted by Gasteiger charge is -2.37. The first-order chi connectivity index (χ1) is 18.6. The second-order valence-electron chi connectivity index (χ2n) is 10.5. The maximum absolute atomic E-state index is 13.5. The van der Waals surface area contributed by atoms with Crippen molar-refractivity contribution in [1.82, 2.24) is 15.1 Å². The number of thioether (sulfide) groups is 1. The summed E-state index contributed by atoms with van der Waals surface area (Å²) in [6.07, 6.45) is 0.152. The van der Waals surface area contributed by atoms with Crippen LogP contribution in [0.15, 0.2) is 45.6 Å². The Labute approximate surface area is 234 Å². The highest BCUT2D eigenvalue weighted by atomic mass is 32.2. The quantitative estimate of drug-likeness (QED) is 0.457. The van der Waals surface area contributed by atoms with Crippen LogP contribution in [0.5, 0.6) is 11.5 Å². The molecule has 0 spiro atoms. The molecule has 0 unspecified atom stereocenters. The number of hydrogen-bond donors (Lipinski definition) is 1. The van der Waals surface area contributed by atoms with Gasteiger partial charge in [0.05, 0.1) is 51.2 Å². The van der Waals surface area contributed by atoms with E-state index in [1.165, 1.54) is 11.8 Å². The number of carbonyl (C=O) groups is 2. The predicted molar refractivity (Wildman–Crippen MR) is 151 cm³/mol. The Bertz CT molecular complexity index is 1180. The fourth-order valence-electron chi connectivity index (χ4n) is 4.71. The van der Waals surface area contributed by atoms with Gasteiger partial charge in [-0.1, -0.05) is 17.8 Å². The SMILES string of the molecule is COc1ccc([C@@H]2C(C(=O)OC(C)(C)C)=C(C)N=C3SC=C(CC(=O)NCCN4CCOCC4)N32)cc1OC. The summed E-state index contributed by atoms with van der Waals surface area (Å²) >= 11 is 1.44. The molecule has 1 atom stereocenters. The van der Waals surface area contributed by atoms with Gasteiger partial charge in [-0.05, 0) is 50.8 Å². The second kappa shape index (κ2) is 12.4. The Morgan fingerprint density at radius 2 is 1.87 bits per heavy atom. The lowest BCUT2D eigenvalue weighted by atomic mass is 9.93. The fourth-order valence-corrected chi connectivity index (χ4v) is 5.67. The van der Waals surface area contributed by atoms with Crippen LogP contribution < -0.4 is 14.8 Å². The first-order valence-electron chi connectivity index (χ1n) is 13.1. The van der Waals surface area contributed by atoms with E-state index >= 15 is 0 Å². The van der Waals surface area contributed by atoms with E-state index in [0.29, 0.717) is 34.5 Å². The summed E-state index contributed by atoms with van der Waals surface area (Å²) in [5.41, 5.74) is 1.86. The summed E-state index contributed by atoms with van der Waals surface area (Å²) in [7, 11) is 3.15. The van der Waals surface area contributed by atoms with Gasteiger partial charge in [-0.15, -0.1) is 0 Å². The van der Waals surface area contributed by atoms with Gasteiger partial charge in [0.25, 0.3) is 0 Å². The molecule has 0 aromatic heterocycles. The first kappa shape index (κ1) is 29.0. The number of amidine groups is 1. The summed E-state index contributed by atoms with van der Waals surface area (Å²) in [4.78, 5) is 35.5. The van der Waals surface area contributed by atoms with E-state index in [1.54, 1.807) is 14.2 Å². The Balaban J connectivity index is 1.60. The summed E-state index contributed by atoms with van der Waals surface area (Å²) in [6.45, 7) is 11.8. The zero-order valence-corrected chi connectivity index (χ0v) is 24.4. The first-order valence-corrected chi connectivity index (χ1v) is 14.0. The lowest BCUT2D eigenvalue weighted by Crippen LogP contribution is -2.42. The Hall–Kier alpha value is -3.02. The average Bonchev–Trinajstić information content (AvgIpc) is 3.28. The van der Waals surface area contributed by atoms with Gasteiger partial charge >= 0.3 is 5.97 Å². The third kappa shape index (κ3) is 6.95. The maximum Gasteiger partial charge on any atom is 0.338 e. The van der Waals surface area contributed by atoms with E-state index in [-0.39, 0.29) is 12.3 Å². The number of nitrogens with zero attached hydrogens (tertiary/aromatic N) is 3. The van der Waals surface area contributed by atoms with E-state index in [9.17, 15) is 9.59 Å². The number of fused-ring (bicyclic) bond motifs is 1. The minimum atomic E-state index is -0.685. The fraction of sp³-hybridized carbons (Fsp3) is 0.536. The van der Waals surface area contributed by atoms with Gasteiger partial charge in [-0.3, -0.25) is 9.69 Å². The highest BCUT2D eigenvalue weighted by Gasteiger charge is 2.42. The number of aliphatic imine (C=N–C) groups is 1. The van der Waals surface area contributed by atoms with Crippen molar-refractivity contribution in [2.45, 2.75) is 45.8 Å². The molecular weight excluding hydrogens is 520 g/mol. The third-order valence-electron chi connectivity index (χ3n) is 6.54. The topological polar surface area (TPSA) is 102 Å². The molecule has 1 aromatic carbocycles. The van der Waals surface area contributed by atoms with Gasteiger partial charge in [-0.25, -0.2) is 9.79 Å². The van der Waals surface area contributed by atoms with Crippen molar-refractivity contribution in [3.63, 3.8) is 0 Å². The van der Waals surface area contributed by atoms with Crippen LogP contribution in [-0.4, -0.2) is 86.1 Å². The van der Waals surface area contributed by atoms with Crippen LogP contribution in [0.1, 0.15) is 45.7 Å². The Morgan fingerprint density at radius 1 is 1.15 bits per heavy atom. The van der Waals surface area contributed by atoms with Crippen LogP contribution >= 0.6 is 11.8 Å². The van der Waals surface area contributed by atoms with Crippen LogP contribution in [0.2, 0.25) is 0 Å². The van der Waals surface area contributed by atoms with Crippen molar-refractivity contribution >= 4 is 28.8 Å². The van der Waals surface area contributed by atoms with Crippen molar-refractivity contribution < 1.29 is 28.5 Å². The summed E-state index contributed by atoms with van der Waals surface area (Å²) in [5.74, 6) is 0.580. The van der Waals surface area contributed by atoms with Gasteiger partial charge < -0.3 is 29.2 Å². The van der Waals surface area contributed by atoms with Crippen LogP contribution in [0.25, 0.3) is 0 Å². The number of carbonyl (C=O) groups excluding carboxylic acids is 2. The minimum Gasteiger partial charge on any atom is -0.493 e. The van der Waals surface area contributed by atoms with E-state index < -0.39 is 17.6 Å². The molecule has 11 heteroatoms. The molecular formula is C28H38N4O6S. The monoisotopic (exact) mass is 558 g/mol. The zero-order valence-electron chi connectivity index (χ0n) is 23.5. The van der Waals surface area contributed by atoms with Crippen LogP contribution in [0, 0.1) is 0 Å². The molecule has 1 N–H and O–H groups in total. The molecule has 0 aliphatic carbocycles. The molecule has 39 heavy (non-hydrogen) atoms. The van der Waals surface area contributed by atoms with Crippen molar-refractivity contribution in [2.75, 3.05) is 53.6 Å². The summed E-state index contributed by atoms with van der Waals surface area (Å²) < 4.78 is 22.2. The van der Waals surface area contributed by atoms with Crippen molar-refractivity contribution in [3.05, 3.63) is 46.1 Å². The molecule has 10 nitrogen and oxygen atoms in total. The van der Waals surface area contributed by atoms with E-state index in [1.807, 2.05) is 56.2 Å². The molecule has 4 rings (SSSR count). The van der Waals surface area contributed by atoms with E-state index in [4.69, 9.17) is 23.9 Å². The maximum atomic E-state index is 13.5. The van der Waals surface area contributed by atoms with Crippen molar-refractivity contribution in [2.24, 2.45) is 4.99 Å². The number of ether oxygens (including phenoxy) is 4. The lowest BCUT2D eigenvalue weighted by molar-refractivity contribution is -0.150. The Kier molecular flexibility index (Phi) is 9.24. The number of benzene rings is 1. The number of methoxy groups -OCH3 is 2. The minimum absolute atomic E-state index is 0.0903. The molecule has 3 aliphatic rings. The smallest absolute Gasteiger partial charge is 0.338 e. The summed E-state index contributed by atoms with van der Waals surface area (Å²) in [6, 6.07) is 5.00. The van der Waals surface area contributed by atoms with E-state index in [2.05, 4.69) is 10.2 Å². The zero-order chi connectivity index (χ0) is 28.2. The molecule has 3 aliphatic heterocycles. The Morgan fingerprint density at radius 3 is 2.54 bits per heavy atom. The second-order valence-corrected chi connectivity index (χ2v) is 11.3. The normalized spacial score (nSPS) is 19.7. The molecule has 1 aromatic rings. The number of esters is 1. The molecule has 0 saturated carbocycles. The molecule has 3 heterocycles. The molecule has 212 valence electrons. The van der Waals surface area contributed by atoms with Crippen LogP contribution in [0.4, 0.5) is 0 Å². The van der Waals surface area contributed by atoms with Gasteiger partial charge in [-0.2, -0.15) is 0 Å². The molecule has 0 bridgehead atoms. The summed E-state index contributed by atoms with van der Waals surface area (Å²) in [5, 5.41) is 5.67. The number of allylic oxidation sites excluding steroid dienone is 1. The highest BCUT2D eigenvalue weighted by Crippen LogP contribution is 2.46.